The third-order valence-corrected chi connectivity index (χ3v) is 2.76. The second-order valence-electron chi connectivity index (χ2n) is 3.82. The first kappa shape index (κ1) is 12.6. The molecule has 0 saturated carbocycles. The molecule has 0 amide bonds. The molecule has 0 unspecified atom stereocenters. The first-order chi connectivity index (χ1) is 8.66. The maximum Gasteiger partial charge on any atom is 0.146 e. The van der Waals surface area contributed by atoms with Gasteiger partial charge in [0.1, 0.15) is 16.6 Å². The SMILES string of the molecule is NC(=S)c1ccc(NCCc2ccco2)c(F)c1. The number of halogens is 1. The first-order valence-corrected chi connectivity index (χ1v) is 5.93. The number of furan rings is 1. The van der Waals surface area contributed by atoms with Gasteiger partial charge in [-0.1, -0.05) is 12.2 Å². The molecule has 3 nitrogen and oxygen atoms in total. The maximum absolute atomic E-state index is 13.7. The molecule has 1 heterocycles. The second kappa shape index (κ2) is 5.64. The molecule has 0 saturated heterocycles. The van der Waals surface area contributed by atoms with Crippen LogP contribution in [0.1, 0.15) is 11.3 Å². The summed E-state index contributed by atoms with van der Waals surface area (Å²) in [5, 5.41) is 3.00. The summed E-state index contributed by atoms with van der Waals surface area (Å²) in [5.41, 5.74) is 6.39. The molecule has 5 heteroatoms. The summed E-state index contributed by atoms with van der Waals surface area (Å²) >= 11 is 4.78. The summed E-state index contributed by atoms with van der Waals surface area (Å²) in [5.74, 6) is 0.502. The number of benzene rings is 1. The fraction of sp³-hybridized carbons (Fsp3) is 0.154. The predicted molar refractivity (Wildman–Crippen MR) is 73.2 cm³/mol. The zero-order valence-electron chi connectivity index (χ0n) is 9.65. The third-order valence-electron chi connectivity index (χ3n) is 2.52. The van der Waals surface area contributed by atoms with Crippen LogP contribution < -0.4 is 11.1 Å². The lowest BCUT2D eigenvalue weighted by atomic mass is 10.2. The van der Waals surface area contributed by atoms with Crippen molar-refractivity contribution >= 4 is 22.9 Å². The van der Waals surface area contributed by atoms with Gasteiger partial charge in [-0.25, -0.2) is 4.39 Å². The highest BCUT2D eigenvalue weighted by Gasteiger charge is 2.05. The van der Waals surface area contributed by atoms with E-state index in [0.29, 0.717) is 24.2 Å². The van der Waals surface area contributed by atoms with Gasteiger partial charge in [-0.2, -0.15) is 0 Å². The van der Waals surface area contributed by atoms with Crippen LogP contribution >= 0.6 is 12.2 Å². The molecular formula is C13H13FN2OS. The van der Waals surface area contributed by atoms with Crippen LogP contribution in [0.5, 0.6) is 0 Å². The molecule has 0 fully saturated rings. The van der Waals surface area contributed by atoms with E-state index in [1.807, 2.05) is 12.1 Å². The Morgan fingerprint density at radius 2 is 2.22 bits per heavy atom. The number of thiocarbonyl (C=S) groups is 1. The van der Waals surface area contributed by atoms with Gasteiger partial charge in [0.15, 0.2) is 0 Å². The Morgan fingerprint density at radius 1 is 1.39 bits per heavy atom. The molecule has 0 aliphatic heterocycles. The summed E-state index contributed by atoms with van der Waals surface area (Å²) in [6.45, 7) is 0.594. The molecule has 0 aliphatic rings. The molecular weight excluding hydrogens is 251 g/mol. The van der Waals surface area contributed by atoms with E-state index in [9.17, 15) is 4.39 Å². The van der Waals surface area contributed by atoms with Gasteiger partial charge in [-0.15, -0.1) is 0 Å². The minimum Gasteiger partial charge on any atom is -0.469 e. The molecule has 0 atom stereocenters. The van der Waals surface area contributed by atoms with Crippen molar-refractivity contribution in [2.75, 3.05) is 11.9 Å². The van der Waals surface area contributed by atoms with E-state index in [1.54, 1.807) is 18.4 Å². The fourth-order valence-corrected chi connectivity index (χ4v) is 1.71. The minimum absolute atomic E-state index is 0.191. The molecule has 0 spiro atoms. The normalized spacial score (nSPS) is 10.3. The van der Waals surface area contributed by atoms with Crippen molar-refractivity contribution in [1.82, 2.24) is 0 Å². The van der Waals surface area contributed by atoms with Crippen molar-refractivity contribution in [2.24, 2.45) is 5.73 Å². The lowest BCUT2D eigenvalue weighted by Gasteiger charge is -2.07. The third kappa shape index (κ3) is 3.07. The highest BCUT2D eigenvalue weighted by molar-refractivity contribution is 7.80. The van der Waals surface area contributed by atoms with Crippen molar-refractivity contribution in [1.29, 1.82) is 0 Å². The molecule has 1 aromatic carbocycles. The van der Waals surface area contributed by atoms with E-state index >= 15 is 0 Å². The minimum atomic E-state index is -0.361. The van der Waals surface area contributed by atoms with Gasteiger partial charge >= 0.3 is 0 Å². The molecule has 0 bridgehead atoms. The molecule has 0 radical (unpaired) electrons. The standard InChI is InChI=1S/C13H13FN2OS/c14-11-8-9(13(15)18)3-4-12(11)16-6-5-10-2-1-7-17-10/h1-4,7-8,16H,5-6H2,(H2,15,18). The number of anilines is 1. The van der Waals surface area contributed by atoms with Crippen LogP contribution in [-0.4, -0.2) is 11.5 Å². The topological polar surface area (TPSA) is 51.2 Å². The number of hydrogen-bond donors (Lipinski definition) is 2. The van der Waals surface area contributed by atoms with Gasteiger partial charge in [0.25, 0.3) is 0 Å². The van der Waals surface area contributed by atoms with Gasteiger partial charge in [0, 0.05) is 18.5 Å². The fourth-order valence-electron chi connectivity index (χ4n) is 1.59. The van der Waals surface area contributed by atoms with E-state index in [2.05, 4.69) is 5.32 Å². The molecule has 1 aromatic heterocycles. The van der Waals surface area contributed by atoms with E-state index in [1.165, 1.54) is 6.07 Å². The molecule has 2 rings (SSSR count). The van der Waals surface area contributed by atoms with Crippen LogP contribution in [0.25, 0.3) is 0 Å². The summed E-state index contributed by atoms with van der Waals surface area (Å²) in [6.07, 6.45) is 2.32. The number of hydrogen-bond acceptors (Lipinski definition) is 3. The van der Waals surface area contributed by atoms with Crippen LogP contribution in [0.4, 0.5) is 10.1 Å². The van der Waals surface area contributed by atoms with Gasteiger partial charge in [0.2, 0.25) is 0 Å². The predicted octanol–water partition coefficient (Wildman–Crippen LogP) is 2.71. The van der Waals surface area contributed by atoms with Gasteiger partial charge < -0.3 is 15.5 Å². The lowest BCUT2D eigenvalue weighted by Crippen LogP contribution is -2.11. The Balaban J connectivity index is 1.95. The van der Waals surface area contributed by atoms with Gasteiger partial charge in [-0.3, -0.25) is 0 Å². The van der Waals surface area contributed by atoms with Crippen molar-refractivity contribution in [2.45, 2.75) is 6.42 Å². The number of nitrogens with one attached hydrogen (secondary N) is 1. The average molecular weight is 264 g/mol. The highest BCUT2D eigenvalue weighted by atomic mass is 32.1. The largest absolute Gasteiger partial charge is 0.469 e. The first-order valence-electron chi connectivity index (χ1n) is 5.52. The van der Waals surface area contributed by atoms with E-state index in [4.69, 9.17) is 22.4 Å². The molecule has 3 N–H and O–H groups in total. The Bertz CT molecular complexity index is 540. The molecule has 2 aromatic rings. The highest BCUT2D eigenvalue weighted by Crippen LogP contribution is 2.16. The Morgan fingerprint density at radius 3 is 2.83 bits per heavy atom. The smallest absolute Gasteiger partial charge is 0.146 e. The quantitative estimate of drug-likeness (QED) is 0.815. The van der Waals surface area contributed by atoms with Crippen molar-refractivity contribution in [3.8, 4) is 0 Å². The lowest BCUT2D eigenvalue weighted by molar-refractivity contribution is 0.512. The molecule has 94 valence electrons. The van der Waals surface area contributed by atoms with Crippen LogP contribution in [0, 0.1) is 5.82 Å². The Kier molecular flexibility index (Phi) is 3.94. The Labute approximate surface area is 110 Å². The van der Waals surface area contributed by atoms with Crippen molar-refractivity contribution < 1.29 is 8.81 Å². The second-order valence-corrected chi connectivity index (χ2v) is 4.25. The van der Waals surface area contributed by atoms with Crippen LogP contribution in [0.3, 0.4) is 0 Å². The molecule has 0 aliphatic carbocycles. The number of rotatable bonds is 5. The number of nitrogens with two attached hydrogens (primary N) is 1. The molecule has 18 heavy (non-hydrogen) atoms. The monoisotopic (exact) mass is 264 g/mol. The summed E-state index contributed by atoms with van der Waals surface area (Å²) in [7, 11) is 0. The zero-order chi connectivity index (χ0) is 13.0. The summed E-state index contributed by atoms with van der Waals surface area (Å²) in [6, 6.07) is 8.37. The van der Waals surface area contributed by atoms with Gasteiger partial charge in [0.05, 0.1) is 12.0 Å². The van der Waals surface area contributed by atoms with Crippen LogP contribution in [0.15, 0.2) is 41.0 Å². The van der Waals surface area contributed by atoms with Crippen molar-refractivity contribution in [3.05, 3.63) is 53.7 Å². The zero-order valence-corrected chi connectivity index (χ0v) is 10.5. The maximum atomic E-state index is 13.7. The Hall–Kier alpha value is -1.88. The van der Waals surface area contributed by atoms with E-state index in [0.717, 1.165) is 5.76 Å². The average Bonchev–Trinajstić information content (AvgIpc) is 2.84. The van der Waals surface area contributed by atoms with Gasteiger partial charge in [-0.05, 0) is 30.3 Å². The van der Waals surface area contributed by atoms with Crippen molar-refractivity contribution in [3.63, 3.8) is 0 Å². The van der Waals surface area contributed by atoms with E-state index in [-0.39, 0.29) is 10.8 Å². The summed E-state index contributed by atoms with van der Waals surface area (Å²) in [4.78, 5) is 0.191. The van der Waals surface area contributed by atoms with E-state index < -0.39 is 0 Å². The van der Waals surface area contributed by atoms with Crippen LogP contribution in [-0.2, 0) is 6.42 Å². The van der Waals surface area contributed by atoms with Crippen LogP contribution in [0.2, 0.25) is 0 Å². The summed E-state index contributed by atoms with van der Waals surface area (Å²) < 4.78 is 18.9.